The molecular formula is C11H13ClN4S. The molecule has 0 aliphatic rings. The second-order valence-corrected chi connectivity index (χ2v) is 4.72. The highest BCUT2D eigenvalue weighted by atomic mass is 35.5. The van der Waals surface area contributed by atoms with Gasteiger partial charge in [0.2, 0.25) is 5.95 Å². The third kappa shape index (κ3) is 2.87. The molecule has 0 fully saturated rings. The molecule has 4 nitrogen and oxygen atoms in total. The van der Waals surface area contributed by atoms with Crippen LogP contribution in [0.15, 0.2) is 17.0 Å². The molecule has 2 aromatic heterocycles. The second-order valence-electron chi connectivity index (χ2n) is 3.57. The Morgan fingerprint density at radius 2 is 2.24 bits per heavy atom. The Hall–Kier alpha value is -1.33. The van der Waals surface area contributed by atoms with Gasteiger partial charge in [0.15, 0.2) is 5.82 Å². The molecule has 2 aromatic rings. The van der Waals surface area contributed by atoms with E-state index in [4.69, 9.17) is 11.6 Å². The SMILES string of the molecule is CNc1ncc(Cl)c(NCc2cscc2C)n1. The fraction of sp³-hybridized carbons (Fsp3) is 0.273. The number of halogens is 1. The number of nitrogens with zero attached hydrogens (tertiary/aromatic N) is 2. The van der Waals surface area contributed by atoms with Gasteiger partial charge in [0.1, 0.15) is 5.02 Å². The molecule has 6 heteroatoms. The summed E-state index contributed by atoms with van der Waals surface area (Å²) >= 11 is 7.72. The molecule has 0 amide bonds. The van der Waals surface area contributed by atoms with Gasteiger partial charge in [0.05, 0.1) is 6.20 Å². The number of thiophene rings is 1. The summed E-state index contributed by atoms with van der Waals surface area (Å²) in [7, 11) is 1.77. The molecule has 0 bridgehead atoms. The van der Waals surface area contributed by atoms with E-state index in [1.807, 2.05) is 0 Å². The van der Waals surface area contributed by atoms with Crippen molar-refractivity contribution in [3.05, 3.63) is 33.1 Å². The van der Waals surface area contributed by atoms with Gasteiger partial charge in [-0.05, 0) is 28.8 Å². The lowest BCUT2D eigenvalue weighted by molar-refractivity contribution is 1.07. The molecule has 0 atom stereocenters. The zero-order chi connectivity index (χ0) is 12.3. The highest BCUT2D eigenvalue weighted by Crippen LogP contribution is 2.21. The van der Waals surface area contributed by atoms with Crippen molar-refractivity contribution in [2.45, 2.75) is 13.5 Å². The van der Waals surface area contributed by atoms with Gasteiger partial charge in [-0.25, -0.2) is 4.98 Å². The number of rotatable bonds is 4. The zero-order valence-electron chi connectivity index (χ0n) is 9.62. The third-order valence-electron chi connectivity index (χ3n) is 2.38. The van der Waals surface area contributed by atoms with Gasteiger partial charge in [0.25, 0.3) is 0 Å². The van der Waals surface area contributed by atoms with Gasteiger partial charge in [0, 0.05) is 13.6 Å². The molecule has 2 rings (SSSR count). The topological polar surface area (TPSA) is 49.8 Å². The highest BCUT2D eigenvalue weighted by molar-refractivity contribution is 7.08. The van der Waals surface area contributed by atoms with Crippen LogP contribution in [0.25, 0.3) is 0 Å². The summed E-state index contributed by atoms with van der Waals surface area (Å²) in [6.07, 6.45) is 1.59. The van der Waals surface area contributed by atoms with Crippen LogP contribution >= 0.6 is 22.9 Å². The van der Waals surface area contributed by atoms with Gasteiger partial charge in [-0.2, -0.15) is 16.3 Å². The summed E-state index contributed by atoms with van der Waals surface area (Å²) < 4.78 is 0. The predicted molar refractivity (Wildman–Crippen MR) is 73.0 cm³/mol. The van der Waals surface area contributed by atoms with Crippen molar-refractivity contribution in [2.75, 3.05) is 17.7 Å². The Labute approximate surface area is 109 Å². The van der Waals surface area contributed by atoms with E-state index >= 15 is 0 Å². The summed E-state index contributed by atoms with van der Waals surface area (Å²) in [6, 6.07) is 0. The predicted octanol–water partition coefficient (Wildman–Crippen LogP) is 3.15. The van der Waals surface area contributed by atoms with Crippen molar-refractivity contribution >= 4 is 34.7 Å². The average molecular weight is 269 g/mol. The molecule has 0 aliphatic heterocycles. The van der Waals surface area contributed by atoms with Crippen molar-refractivity contribution in [1.29, 1.82) is 0 Å². The van der Waals surface area contributed by atoms with Crippen LogP contribution in [0.5, 0.6) is 0 Å². The molecule has 0 unspecified atom stereocenters. The van der Waals surface area contributed by atoms with E-state index in [1.54, 1.807) is 24.6 Å². The van der Waals surface area contributed by atoms with Crippen LogP contribution in [-0.4, -0.2) is 17.0 Å². The van der Waals surface area contributed by atoms with Crippen LogP contribution in [0.2, 0.25) is 5.02 Å². The maximum Gasteiger partial charge on any atom is 0.224 e. The third-order valence-corrected chi connectivity index (χ3v) is 3.56. The number of nitrogens with one attached hydrogen (secondary N) is 2. The van der Waals surface area contributed by atoms with Crippen LogP contribution in [0.4, 0.5) is 11.8 Å². The number of hydrogen-bond donors (Lipinski definition) is 2. The number of hydrogen-bond acceptors (Lipinski definition) is 5. The summed E-state index contributed by atoms with van der Waals surface area (Å²) in [5.41, 5.74) is 2.54. The Bertz CT molecular complexity index is 512. The maximum atomic E-state index is 6.02. The first-order valence-corrected chi connectivity index (χ1v) is 6.48. The Morgan fingerprint density at radius 1 is 1.41 bits per heavy atom. The minimum Gasteiger partial charge on any atom is -0.365 e. The Balaban J connectivity index is 2.11. The van der Waals surface area contributed by atoms with Gasteiger partial charge in [-0.1, -0.05) is 11.6 Å². The normalized spacial score (nSPS) is 10.3. The van der Waals surface area contributed by atoms with Gasteiger partial charge in [-0.15, -0.1) is 0 Å². The van der Waals surface area contributed by atoms with E-state index < -0.39 is 0 Å². The fourth-order valence-corrected chi connectivity index (χ4v) is 2.37. The molecule has 90 valence electrons. The van der Waals surface area contributed by atoms with Crippen LogP contribution in [-0.2, 0) is 6.54 Å². The standard InChI is InChI=1S/C11H13ClN4S/c1-7-5-17-6-8(7)3-14-10-9(12)4-15-11(13-2)16-10/h4-6H,3H2,1-2H3,(H2,13,14,15,16). The van der Waals surface area contributed by atoms with Gasteiger partial charge in [-0.3, -0.25) is 0 Å². The first kappa shape index (κ1) is 12.1. The molecule has 0 aromatic carbocycles. The fourth-order valence-electron chi connectivity index (χ4n) is 1.36. The molecule has 0 aliphatic carbocycles. The largest absolute Gasteiger partial charge is 0.365 e. The summed E-state index contributed by atoms with van der Waals surface area (Å²) in [5, 5.41) is 10.9. The minimum atomic E-state index is 0.525. The molecule has 2 heterocycles. The quantitative estimate of drug-likeness (QED) is 0.894. The molecule has 0 saturated carbocycles. The minimum absolute atomic E-state index is 0.525. The Kier molecular flexibility index (Phi) is 3.81. The van der Waals surface area contributed by atoms with Crippen LogP contribution in [0, 0.1) is 6.92 Å². The molecule has 2 N–H and O–H groups in total. The summed E-state index contributed by atoms with van der Waals surface area (Å²) in [5.74, 6) is 1.20. The summed E-state index contributed by atoms with van der Waals surface area (Å²) in [6.45, 7) is 2.81. The molecule has 0 radical (unpaired) electrons. The van der Waals surface area contributed by atoms with E-state index in [2.05, 4.69) is 38.3 Å². The second kappa shape index (κ2) is 5.33. The lowest BCUT2D eigenvalue weighted by atomic mass is 10.2. The molecular weight excluding hydrogens is 256 g/mol. The van der Waals surface area contributed by atoms with Gasteiger partial charge >= 0.3 is 0 Å². The van der Waals surface area contributed by atoms with Crippen molar-refractivity contribution in [1.82, 2.24) is 9.97 Å². The van der Waals surface area contributed by atoms with Crippen molar-refractivity contribution < 1.29 is 0 Å². The average Bonchev–Trinajstić information content (AvgIpc) is 2.74. The van der Waals surface area contributed by atoms with E-state index in [1.165, 1.54) is 11.1 Å². The van der Waals surface area contributed by atoms with Crippen molar-refractivity contribution in [3.8, 4) is 0 Å². The lowest BCUT2D eigenvalue weighted by Crippen LogP contribution is -2.05. The smallest absolute Gasteiger partial charge is 0.224 e. The van der Waals surface area contributed by atoms with Crippen LogP contribution in [0.3, 0.4) is 0 Å². The first-order chi connectivity index (χ1) is 8.20. The van der Waals surface area contributed by atoms with Crippen LogP contribution < -0.4 is 10.6 Å². The molecule has 0 spiro atoms. The van der Waals surface area contributed by atoms with E-state index in [9.17, 15) is 0 Å². The van der Waals surface area contributed by atoms with E-state index in [0.717, 1.165) is 6.54 Å². The van der Waals surface area contributed by atoms with Crippen LogP contribution in [0.1, 0.15) is 11.1 Å². The van der Waals surface area contributed by atoms with Crippen molar-refractivity contribution in [3.63, 3.8) is 0 Å². The lowest BCUT2D eigenvalue weighted by Gasteiger charge is -2.08. The van der Waals surface area contributed by atoms with E-state index in [0.29, 0.717) is 16.8 Å². The Morgan fingerprint density at radius 3 is 2.88 bits per heavy atom. The molecule has 17 heavy (non-hydrogen) atoms. The number of anilines is 2. The maximum absolute atomic E-state index is 6.02. The zero-order valence-corrected chi connectivity index (χ0v) is 11.2. The van der Waals surface area contributed by atoms with Crippen molar-refractivity contribution in [2.24, 2.45) is 0 Å². The summed E-state index contributed by atoms with van der Waals surface area (Å²) in [4.78, 5) is 8.29. The van der Waals surface area contributed by atoms with Gasteiger partial charge < -0.3 is 10.6 Å². The molecule has 0 saturated heterocycles. The number of aromatic nitrogens is 2. The highest BCUT2D eigenvalue weighted by Gasteiger charge is 2.05. The monoisotopic (exact) mass is 268 g/mol. The number of aryl methyl sites for hydroxylation is 1. The first-order valence-electron chi connectivity index (χ1n) is 5.16. The van der Waals surface area contributed by atoms with E-state index in [-0.39, 0.29) is 0 Å².